The molecule has 0 unspecified atom stereocenters. The fourth-order valence-electron chi connectivity index (χ4n) is 1.08. The lowest BCUT2D eigenvalue weighted by Crippen LogP contribution is -2.15. The van der Waals surface area contributed by atoms with Crippen LogP contribution in [0.1, 0.15) is 18.9 Å². The Labute approximate surface area is 83.9 Å². The van der Waals surface area contributed by atoms with Gasteiger partial charge in [-0.15, -0.1) is 0 Å². The monoisotopic (exact) mass is 190 g/mol. The molecule has 0 aliphatic carbocycles. The summed E-state index contributed by atoms with van der Waals surface area (Å²) >= 11 is 0. The van der Waals surface area contributed by atoms with Crippen molar-refractivity contribution in [3.05, 3.63) is 42.0 Å². The standard InChI is InChI=1S/C12H14O2/c1-2-11(13)12(14)9-8-10-6-4-3-5-7-10/h3-9,12,14H,2H2,1H3/t12-/m1/s1. The summed E-state index contributed by atoms with van der Waals surface area (Å²) in [6.07, 6.45) is 2.65. The first kappa shape index (κ1) is 10.7. The lowest BCUT2D eigenvalue weighted by molar-refractivity contribution is -0.124. The Kier molecular flexibility index (Phi) is 4.08. The molecule has 1 atom stereocenters. The lowest BCUT2D eigenvalue weighted by Gasteiger charge is -2.00. The molecule has 2 nitrogen and oxygen atoms in total. The van der Waals surface area contributed by atoms with E-state index in [0.717, 1.165) is 5.56 Å². The first-order valence-corrected chi connectivity index (χ1v) is 4.68. The molecule has 14 heavy (non-hydrogen) atoms. The maximum atomic E-state index is 11.0. The van der Waals surface area contributed by atoms with Gasteiger partial charge in [0.2, 0.25) is 0 Å². The molecular formula is C12H14O2. The number of carbonyl (C=O) groups excluding carboxylic acids is 1. The number of benzene rings is 1. The number of aliphatic hydroxyl groups excluding tert-OH is 1. The largest absolute Gasteiger partial charge is 0.381 e. The van der Waals surface area contributed by atoms with Gasteiger partial charge in [-0.2, -0.15) is 0 Å². The molecule has 2 heteroatoms. The molecule has 0 saturated heterocycles. The predicted molar refractivity (Wildman–Crippen MR) is 56.8 cm³/mol. The van der Waals surface area contributed by atoms with E-state index in [4.69, 9.17) is 0 Å². The Balaban J connectivity index is 2.60. The number of carbonyl (C=O) groups is 1. The van der Waals surface area contributed by atoms with Crippen LogP contribution in [0.3, 0.4) is 0 Å². The van der Waals surface area contributed by atoms with Crippen molar-refractivity contribution in [3.63, 3.8) is 0 Å². The number of aliphatic hydroxyl groups is 1. The van der Waals surface area contributed by atoms with Crippen LogP contribution in [0.2, 0.25) is 0 Å². The quantitative estimate of drug-likeness (QED) is 0.788. The summed E-state index contributed by atoms with van der Waals surface area (Å²) in [5, 5.41) is 9.34. The summed E-state index contributed by atoms with van der Waals surface area (Å²) in [4.78, 5) is 11.0. The molecule has 0 aromatic heterocycles. The zero-order chi connectivity index (χ0) is 10.4. The molecule has 0 aliphatic rings. The molecule has 1 aromatic rings. The van der Waals surface area contributed by atoms with Crippen molar-refractivity contribution in [2.75, 3.05) is 0 Å². The van der Waals surface area contributed by atoms with Crippen molar-refractivity contribution in [1.82, 2.24) is 0 Å². The zero-order valence-electron chi connectivity index (χ0n) is 8.18. The van der Waals surface area contributed by atoms with E-state index in [-0.39, 0.29) is 5.78 Å². The minimum absolute atomic E-state index is 0.155. The summed E-state index contributed by atoms with van der Waals surface area (Å²) in [6.45, 7) is 1.74. The molecule has 74 valence electrons. The van der Waals surface area contributed by atoms with Crippen LogP contribution >= 0.6 is 0 Å². The average Bonchev–Trinajstić information content (AvgIpc) is 2.26. The van der Waals surface area contributed by atoms with Gasteiger partial charge in [-0.05, 0) is 11.6 Å². The van der Waals surface area contributed by atoms with Gasteiger partial charge in [0.05, 0.1) is 0 Å². The van der Waals surface area contributed by atoms with E-state index in [1.165, 1.54) is 6.08 Å². The highest BCUT2D eigenvalue weighted by Gasteiger charge is 2.07. The van der Waals surface area contributed by atoms with Crippen LogP contribution in [0.25, 0.3) is 6.08 Å². The molecule has 1 rings (SSSR count). The topological polar surface area (TPSA) is 37.3 Å². The SMILES string of the molecule is CCC(=O)[C@H](O)C=Cc1ccccc1. The number of Topliss-reactive ketones (excluding diaryl/α,β-unsaturated/α-hetero) is 1. The molecule has 0 amide bonds. The highest BCUT2D eigenvalue weighted by molar-refractivity contribution is 5.85. The molecule has 0 spiro atoms. The third-order valence-electron chi connectivity index (χ3n) is 1.95. The van der Waals surface area contributed by atoms with Gasteiger partial charge < -0.3 is 5.11 Å². The average molecular weight is 190 g/mol. The van der Waals surface area contributed by atoms with Crippen molar-refractivity contribution >= 4 is 11.9 Å². The van der Waals surface area contributed by atoms with Crippen molar-refractivity contribution in [2.24, 2.45) is 0 Å². The van der Waals surface area contributed by atoms with Crippen molar-refractivity contribution in [1.29, 1.82) is 0 Å². The normalized spacial score (nSPS) is 13.0. The lowest BCUT2D eigenvalue weighted by atomic mass is 10.1. The number of ketones is 1. The zero-order valence-corrected chi connectivity index (χ0v) is 8.18. The molecule has 0 aliphatic heterocycles. The fourth-order valence-corrected chi connectivity index (χ4v) is 1.08. The van der Waals surface area contributed by atoms with E-state index in [1.807, 2.05) is 30.3 Å². The van der Waals surface area contributed by atoms with Gasteiger partial charge in [-0.3, -0.25) is 4.79 Å². The number of hydrogen-bond acceptors (Lipinski definition) is 2. The molecule has 0 radical (unpaired) electrons. The van der Waals surface area contributed by atoms with Crippen LogP contribution in [-0.4, -0.2) is 17.0 Å². The van der Waals surface area contributed by atoms with Crippen LogP contribution in [0.5, 0.6) is 0 Å². The highest BCUT2D eigenvalue weighted by atomic mass is 16.3. The summed E-state index contributed by atoms with van der Waals surface area (Å²) in [6, 6.07) is 9.58. The van der Waals surface area contributed by atoms with Gasteiger partial charge in [-0.1, -0.05) is 43.3 Å². The van der Waals surface area contributed by atoms with E-state index in [0.29, 0.717) is 6.42 Å². The van der Waals surface area contributed by atoms with Crippen molar-refractivity contribution < 1.29 is 9.90 Å². The highest BCUT2D eigenvalue weighted by Crippen LogP contribution is 2.03. The first-order chi connectivity index (χ1) is 6.74. The van der Waals surface area contributed by atoms with Crippen LogP contribution in [-0.2, 0) is 4.79 Å². The smallest absolute Gasteiger partial charge is 0.164 e. The second-order valence-corrected chi connectivity index (χ2v) is 3.03. The summed E-state index contributed by atoms with van der Waals surface area (Å²) in [5.74, 6) is -0.155. The summed E-state index contributed by atoms with van der Waals surface area (Å²) in [5.41, 5.74) is 0.982. The van der Waals surface area contributed by atoms with Crippen LogP contribution < -0.4 is 0 Å². The van der Waals surface area contributed by atoms with E-state index in [2.05, 4.69) is 0 Å². The van der Waals surface area contributed by atoms with Crippen LogP contribution in [0.4, 0.5) is 0 Å². The summed E-state index contributed by atoms with van der Waals surface area (Å²) in [7, 11) is 0. The fraction of sp³-hybridized carbons (Fsp3) is 0.250. The molecular weight excluding hydrogens is 176 g/mol. The van der Waals surface area contributed by atoms with Gasteiger partial charge in [0.1, 0.15) is 6.10 Å². The Morgan fingerprint density at radius 1 is 1.43 bits per heavy atom. The number of rotatable bonds is 4. The minimum atomic E-state index is -0.972. The maximum absolute atomic E-state index is 11.0. The Morgan fingerprint density at radius 3 is 2.64 bits per heavy atom. The van der Waals surface area contributed by atoms with Gasteiger partial charge in [0, 0.05) is 6.42 Å². The molecule has 0 heterocycles. The molecule has 0 fully saturated rings. The van der Waals surface area contributed by atoms with Gasteiger partial charge in [0.15, 0.2) is 5.78 Å². The Hall–Kier alpha value is -1.41. The van der Waals surface area contributed by atoms with Crippen molar-refractivity contribution in [2.45, 2.75) is 19.4 Å². The van der Waals surface area contributed by atoms with E-state index in [1.54, 1.807) is 13.0 Å². The molecule has 1 aromatic carbocycles. The third-order valence-corrected chi connectivity index (χ3v) is 1.95. The van der Waals surface area contributed by atoms with E-state index >= 15 is 0 Å². The van der Waals surface area contributed by atoms with E-state index < -0.39 is 6.10 Å². The van der Waals surface area contributed by atoms with Gasteiger partial charge >= 0.3 is 0 Å². The van der Waals surface area contributed by atoms with Gasteiger partial charge in [-0.25, -0.2) is 0 Å². The Bertz CT molecular complexity index is 314. The molecule has 1 N–H and O–H groups in total. The van der Waals surface area contributed by atoms with Crippen molar-refractivity contribution in [3.8, 4) is 0 Å². The third kappa shape index (κ3) is 3.15. The van der Waals surface area contributed by atoms with Crippen LogP contribution in [0.15, 0.2) is 36.4 Å². The first-order valence-electron chi connectivity index (χ1n) is 4.68. The minimum Gasteiger partial charge on any atom is -0.381 e. The van der Waals surface area contributed by atoms with Crippen LogP contribution in [0, 0.1) is 0 Å². The maximum Gasteiger partial charge on any atom is 0.164 e. The van der Waals surface area contributed by atoms with E-state index in [9.17, 15) is 9.90 Å². The Morgan fingerprint density at radius 2 is 2.07 bits per heavy atom. The van der Waals surface area contributed by atoms with Gasteiger partial charge in [0.25, 0.3) is 0 Å². The second kappa shape index (κ2) is 5.35. The summed E-state index contributed by atoms with van der Waals surface area (Å²) < 4.78 is 0. The number of hydrogen-bond donors (Lipinski definition) is 1. The second-order valence-electron chi connectivity index (χ2n) is 3.03. The molecule has 0 saturated carbocycles. The predicted octanol–water partition coefficient (Wildman–Crippen LogP) is 2.04. The molecule has 0 bridgehead atoms.